The van der Waals surface area contributed by atoms with Crippen molar-refractivity contribution in [2.45, 2.75) is 6.92 Å². The van der Waals surface area contributed by atoms with Crippen molar-refractivity contribution in [3.05, 3.63) is 57.0 Å². The third kappa shape index (κ3) is 5.25. The first kappa shape index (κ1) is 18.3. The summed E-state index contributed by atoms with van der Waals surface area (Å²) in [6, 6.07) is 10.7. The Balaban J connectivity index is 1.89. The Morgan fingerprint density at radius 2 is 2.12 bits per heavy atom. The highest BCUT2D eigenvalue weighted by Gasteiger charge is 2.04. The molecule has 0 bridgehead atoms. The zero-order chi connectivity index (χ0) is 17.5. The SMILES string of the molecule is COc1ccc(Br)cc1/C=N/NC(=O)COc1ccc(Cl)c(C)c1. The Bertz CT molecular complexity index is 765. The lowest BCUT2D eigenvalue weighted by atomic mass is 10.2. The molecule has 0 heterocycles. The Labute approximate surface area is 153 Å². The van der Waals surface area contributed by atoms with Gasteiger partial charge < -0.3 is 9.47 Å². The lowest BCUT2D eigenvalue weighted by molar-refractivity contribution is -0.123. The molecule has 0 aliphatic heterocycles. The lowest BCUT2D eigenvalue weighted by Gasteiger charge is -2.07. The number of nitrogens with zero attached hydrogens (tertiary/aromatic N) is 1. The zero-order valence-corrected chi connectivity index (χ0v) is 15.5. The molecule has 0 aliphatic carbocycles. The van der Waals surface area contributed by atoms with E-state index in [2.05, 4.69) is 26.5 Å². The van der Waals surface area contributed by atoms with Gasteiger partial charge in [-0.1, -0.05) is 27.5 Å². The van der Waals surface area contributed by atoms with Crippen molar-refractivity contribution in [2.24, 2.45) is 5.10 Å². The number of hydrazone groups is 1. The summed E-state index contributed by atoms with van der Waals surface area (Å²) >= 11 is 9.31. The summed E-state index contributed by atoms with van der Waals surface area (Å²) in [4.78, 5) is 11.8. The number of benzene rings is 2. The Kier molecular flexibility index (Phi) is 6.63. The molecule has 0 saturated heterocycles. The fraction of sp³-hybridized carbons (Fsp3) is 0.176. The van der Waals surface area contributed by atoms with Crippen molar-refractivity contribution in [1.29, 1.82) is 0 Å². The van der Waals surface area contributed by atoms with E-state index in [0.29, 0.717) is 16.5 Å². The first-order valence-electron chi connectivity index (χ1n) is 7.04. The number of halogens is 2. The van der Waals surface area contributed by atoms with Crippen LogP contribution < -0.4 is 14.9 Å². The van der Waals surface area contributed by atoms with Crippen LogP contribution in [0.15, 0.2) is 46.0 Å². The second-order valence-corrected chi connectivity index (χ2v) is 6.20. The van der Waals surface area contributed by atoms with E-state index in [-0.39, 0.29) is 12.5 Å². The molecule has 0 fully saturated rings. The molecule has 0 unspecified atom stereocenters. The number of carbonyl (C=O) groups is 1. The van der Waals surface area contributed by atoms with E-state index >= 15 is 0 Å². The number of rotatable bonds is 6. The maximum Gasteiger partial charge on any atom is 0.277 e. The minimum absolute atomic E-state index is 0.145. The second kappa shape index (κ2) is 8.70. The minimum Gasteiger partial charge on any atom is -0.496 e. The van der Waals surface area contributed by atoms with Gasteiger partial charge >= 0.3 is 0 Å². The molecule has 1 amide bonds. The van der Waals surface area contributed by atoms with Gasteiger partial charge in [0.25, 0.3) is 5.91 Å². The van der Waals surface area contributed by atoms with E-state index in [1.165, 1.54) is 6.21 Å². The average molecular weight is 412 g/mol. The number of ether oxygens (including phenoxy) is 2. The van der Waals surface area contributed by atoms with Crippen molar-refractivity contribution in [1.82, 2.24) is 5.43 Å². The summed E-state index contributed by atoms with van der Waals surface area (Å²) in [7, 11) is 1.57. The van der Waals surface area contributed by atoms with E-state index in [4.69, 9.17) is 21.1 Å². The summed E-state index contributed by atoms with van der Waals surface area (Å²) in [5.41, 5.74) is 4.03. The van der Waals surface area contributed by atoms with Gasteiger partial charge in [0.1, 0.15) is 11.5 Å². The number of aryl methyl sites for hydroxylation is 1. The maximum atomic E-state index is 11.8. The number of hydrogen-bond donors (Lipinski definition) is 1. The Morgan fingerprint density at radius 1 is 1.33 bits per heavy atom. The van der Waals surface area contributed by atoms with Crippen LogP contribution in [-0.2, 0) is 4.79 Å². The Morgan fingerprint density at radius 3 is 2.83 bits per heavy atom. The third-order valence-corrected chi connectivity index (χ3v) is 4.00. The quantitative estimate of drug-likeness (QED) is 0.578. The molecule has 0 aliphatic rings. The first-order valence-corrected chi connectivity index (χ1v) is 8.21. The van der Waals surface area contributed by atoms with E-state index in [0.717, 1.165) is 15.6 Å². The molecule has 1 N–H and O–H groups in total. The fourth-order valence-corrected chi connectivity index (χ4v) is 2.36. The van der Waals surface area contributed by atoms with Gasteiger partial charge in [0.05, 0.1) is 13.3 Å². The van der Waals surface area contributed by atoms with Gasteiger partial charge in [0.15, 0.2) is 6.61 Å². The first-order chi connectivity index (χ1) is 11.5. The number of carbonyl (C=O) groups excluding carboxylic acids is 1. The predicted molar refractivity (Wildman–Crippen MR) is 98.1 cm³/mol. The number of amides is 1. The summed E-state index contributed by atoms with van der Waals surface area (Å²) in [5, 5.41) is 4.56. The highest BCUT2D eigenvalue weighted by molar-refractivity contribution is 9.10. The van der Waals surface area contributed by atoms with Crippen LogP contribution in [0.5, 0.6) is 11.5 Å². The van der Waals surface area contributed by atoms with E-state index in [1.807, 2.05) is 19.1 Å². The van der Waals surface area contributed by atoms with Crippen molar-refractivity contribution >= 4 is 39.7 Å². The van der Waals surface area contributed by atoms with Crippen LogP contribution in [0.2, 0.25) is 5.02 Å². The summed E-state index contributed by atoms with van der Waals surface area (Å²) in [5.74, 6) is 0.863. The van der Waals surface area contributed by atoms with E-state index in [9.17, 15) is 4.79 Å². The van der Waals surface area contributed by atoms with Gasteiger partial charge in [-0.2, -0.15) is 5.10 Å². The van der Waals surface area contributed by atoms with Crippen molar-refractivity contribution in [2.75, 3.05) is 13.7 Å². The van der Waals surface area contributed by atoms with Gasteiger partial charge in [-0.05, 0) is 48.9 Å². The topological polar surface area (TPSA) is 59.9 Å². The van der Waals surface area contributed by atoms with Crippen LogP contribution in [0, 0.1) is 6.92 Å². The van der Waals surface area contributed by atoms with Crippen LogP contribution in [0.3, 0.4) is 0 Å². The van der Waals surface area contributed by atoms with Crippen LogP contribution in [0.4, 0.5) is 0 Å². The molecule has 0 atom stereocenters. The summed E-state index contributed by atoms with van der Waals surface area (Å²) in [6.07, 6.45) is 1.51. The molecule has 5 nitrogen and oxygen atoms in total. The minimum atomic E-state index is -0.368. The lowest BCUT2D eigenvalue weighted by Crippen LogP contribution is -2.24. The molecular formula is C17H16BrClN2O3. The molecule has 0 spiro atoms. The molecule has 24 heavy (non-hydrogen) atoms. The zero-order valence-electron chi connectivity index (χ0n) is 13.2. The molecule has 126 valence electrons. The smallest absolute Gasteiger partial charge is 0.277 e. The van der Waals surface area contributed by atoms with Gasteiger partial charge in [-0.25, -0.2) is 5.43 Å². The van der Waals surface area contributed by atoms with E-state index < -0.39 is 0 Å². The molecule has 0 aromatic heterocycles. The predicted octanol–water partition coefficient (Wildman–Crippen LogP) is 3.95. The number of methoxy groups -OCH3 is 1. The molecule has 2 aromatic rings. The maximum absolute atomic E-state index is 11.8. The number of hydrogen-bond acceptors (Lipinski definition) is 4. The highest BCUT2D eigenvalue weighted by Crippen LogP contribution is 2.22. The Hall–Kier alpha value is -2.05. The van der Waals surface area contributed by atoms with Crippen molar-refractivity contribution < 1.29 is 14.3 Å². The average Bonchev–Trinajstić information content (AvgIpc) is 2.56. The summed E-state index contributed by atoms with van der Waals surface area (Å²) in [6.45, 7) is 1.72. The highest BCUT2D eigenvalue weighted by atomic mass is 79.9. The third-order valence-electron chi connectivity index (χ3n) is 3.08. The molecule has 0 saturated carbocycles. The van der Waals surface area contributed by atoms with Crippen LogP contribution in [0.1, 0.15) is 11.1 Å². The normalized spacial score (nSPS) is 10.7. The number of nitrogens with one attached hydrogen (secondary N) is 1. The van der Waals surface area contributed by atoms with Crippen molar-refractivity contribution in [3.63, 3.8) is 0 Å². The van der Waals surface area contributed by atoms with Gasteiger partial charge in [-0.15, -0.1) is 0 Å². The molecule has 2 aromatic carbocycles. The molecule has 7 heteroatoms. The fourth-order valence-electron chi connectivity index (χ4n) is 1.87. The monoisotopic (exact) mass is 410 g/mol. The van der Waals surface area contributed by atoms with Gasteiger partial charge in [0, 0.05) is 15.1 Å². The molecule has 0 radical (unpaired) electrons. The van der Waals surface area contributed by atoms with Crippen LogP contribution >= 0.6 is 27.5 Å². The largest absolute Gasteiger partial charge is 0.496 e. The standard InChI is InChI=1S/C17H16BrClN2O3/c1-11-7-14(4-5-15(11)19)24-10-17(22)21-20-9-12-8-13(18)3-6-16(12)23-2/h3-9H,10H2,1-2H3,(H,21,22)/b20-9+. The van der Waals surface area contributed by atoms with Crippen LogP contribution in [-0.4, -0.2) is 25.8 Å². The molecule has 2 rings (SSSR count). The molecular weight excluding hydrogens is 396 g/mol. The van der Waals surface area contributed by atoms with Gasteiger partial charge in [0.2, 0.25) is 0 Å². The van der Waals surface area contributed by atoms with E-state index in [1.54, 1.807) is 31.4 Å². The van der Waals surface area contributed by atoms with Gasteiger partial charge in [-0.3, -0.25) is 4.79 Å². The summed E-state index contributed by atoms with van der Waals surface area (Å²) < 4.78 is 11.5. The van der Waals surface area contributed by atoms with Crippen molar-refractivity contribution in [3.8, 4) is 11.5 Å². The second-order valence-electron chi connectivity index (χ2n) is 4.88. The van der Waals surface area contributed by atoms with Crippen LogP contribution in [0.25, 0.3) is 0 Å².